The second-order valence-corrected chi connectivity index (χ2v) is 4.56. The first-order valence-electron chi connectivity index (χ1n) is 4.77. The molecule has 4 nitrogen and oxygen atoms in total. The molecule has 14 heavy (non-hydrogen) atoms. The summed E-state index contributed by atoms with van der Waals surface area (Å²) in [6.07, 6.45) is 0. The van der Waals surface area contributed by atoms with Gasteiger partial charge < -0.3 is 10.5 Å². The van der Waals surface area contributed by atoms with Crippen LogP contribution < -0.4 is 5.73 Å². The fourth-order valence-corrected chi connectivity index (χ4v) is 2.36. The van der Waals surface area contributed by atoms with E-state index in [4.69, 9.17) is 10.5 Å². The van der Waals surface area contributed by atoms with E-state index in [1.807, 2.05) is 6.92 Å². The number of hydrogen-bond donors (Lipinski definition) is 1. The quantitative estimate of drug-likeness (QED) is 0.792. The molecular weight excluding hydrogens is 198 g/mol. The maximum atomic E-state index is 5.76. The first kappa shape index (κ1) is 9.89. The lowest BCUT2D eigenvalue weighted by molar-refractivity contribution is 0.0341. The second-order valence-electron chi connectivity index (χ2n) is 3.45. The van der Waals surface area contributed by atoms with Crippen molar-refractivity contribution >= 4 is 16.3 Å². The van der Waals surface area contributed by atoms with E-state index in [0.29, 0.717) is 0 Å². The van der Waals surface area contributed by atoms with Crippen molar-refractivity contribution in [1.82, 2.24) is 9.88 Å². The first-order chi connectivity index (χ1) is 6.75. The number of rotatable bonds is 2. The first-order valence-corrected chi connectivity index (χ1v) is 5.59. The Bertz CT molecular complexity index is 288. The predicted octanol–water partition coefficient (Wildman–Crippen LogP) is 0.866. The highest BCUT2D eigenvalue weighted by Crippen LogP contribution is 2.21. The number of morpholine rings is 1. The van der Waals surface area contributed by atoms with Crippen molar-refractivity contribution in [3.8, 4) is 0 Å². The van der Waals surface area contributed by atoms with Crippen molar-refractivity contribution in [3.05, 3.63) is 10.7 Å². The van der Waals surface area contributed by atoms with Crippen LogP contribution in [-0.4, -0.2) is 36.2 Å². The number of thiazole rings is 1. The molecule has 0 aromatic carbocycles. The minimum absolute atomic E-state index is 0.833. The van der Waals surface area contributed by atoms with Gasteiger partial charge in [0.05, 0.1) is 25.5 Å². The normalized spacial score (nSPS) is 18.6. The average Bonchev–Trinajstić information content (AvgIpc) is 2.47. The molecule has 1 saturated heterocycles. The van der Waals surface area contributed by atoms with Crippen molar-refractivity contribution in [3.63, 3.8) is 0 Å². The Morgan fingerprint density at radius 2 is 2.21 bits per heavy atom. The van der Waals surface area contributed by atoms with Crippen LogP contribution in [0.5, 0.6) is 0 Å². The summed E-state index contributed by atoms with van der Waals surface area (Å²) in [6, 6.07) is 0. The summed E-state index contributed by atoms with van der Waals surface area (Å²) in [7, 11) is 0. The third-order valence-corrected chi connectivity index (χ3v) is 3.31. The van der Waals surface area contributed by atoms with Crippen molar-refractivity contribution in [1.29, 1.82) is 0 Å². The number of aryl methyl sites for hydroxylation is 1. The molecular formula is C9H15N3OS. The van der Waals surface area contributed by atoms with Crippen molar-refractivity contribution < 1.29 is 4.74 Å². The maximum Gasteiger partial charge on any atom is 0.109 e. The third-order valence-electron chi connectivity index (χ3n) is 2.34. The summed E-state index contributed by atoms with van der Waals surface area (Å²) in [5, 5.41) is 1.95. The molecule has 78 valence electrons. The van der Waals surface area contributed by atoms with Crippen LogP contribution >= 0.6 is 11.3 Å². The lowest BCUT2D eigenvalue weighted by atomic mass is 10.4. The van der Waals surface area contributed by atoms with E-state index >= 15 is 0 Å². The number of ether oxygens (including phenoxy) is 1. The highest BCUT2D eigenvalue weighted by atomic mass is 32.1. The van der Waals surface area contributed by atoms with E-state index in [2.05, 4.69) is 9.88 Å². The number of nitrogen functional groups attached to an aromatic ring is 1. The third kappa shape index (κ3) is 2.23. The number of aromatic nitrogens is 1. The predicted molar refractivity (Wildman–Crippen MR) is 57.4 cm³/mol. The molecule has 5 heteroatoms. The molecule has 1 aliphatic heterocycles. The average molecular weight is 213 g/mol. The molecule has 1 aromatic rings. The Morgan fingerprint density at radius 1 is 1.50 bits per heavy atom. The van der Waals surface area contributed by atoms with E-state index in [0.717, 1.165) is 48.6 Å². The smallest absolute Gasteiger partial charge is 0.109 e. The van der Waals surface area contributed by atoms with E-state index in [9.17, 15) is 0 Å². The van der Waals surface area contributed by atoms with Crippen molar-refractivity contribution in [2.45, 2.75) is 13.5 Å². The van der Waals surface area contributed by atoms with E-state index in [-0.39, 0.29) is 0 Å². The molecule has 0 bridgehead atoms. The monoisotopic (exact) mass is 213 g/mol. The second kappa shape index (κ2) is 4.25. The van der Waals surface area contributed by atoms with Gasteiger partial charge in [0.25, 0.3) is 0 Å². The SMILES string of the molecule is Cc1nc(CN2CCOCC2)sc1N. The van der Waals surface area contributed by atoms with Crippen LogP contribution in [0.1, 0.15) is 10.7 Å². The molecule has 0 spiro atoms. The zero-order valence-corrected chi connectivity index (χ0v) is 9.14. The van der Waals surface area contributed by atoms with Crippen LogP contribution in [0.15, 0.2) is 0 Å². The summed E-state index contributed by atoms with van der Waals surface area (Å²) in [4.78, 5) is 6.76. The Balaban J connectivity index is 1.95. The summed E-state index contributed by atoms with van der Waals surface area (Å²) < 4.78 is 5.28. The van der Waals surface area contributed by atoms with Gasteiger partial charge in [0, 0.05) is 13.1 Å². The minimum atomic E-state index is 0.833. The molecule has 0 saturated carbocycles. The number of anilines is 1. The van der Waals surface area contributed by atoms with Gasteiger partial charge in [0.15, 0.2) is 0 Å². The van der Waals surface area contributed by atoms with E-state index in [1.54, 1.807) is 11.3 Å². The molecule has 1 aromatic heterocycles. The Morgan fingerprint density at radius 3 is 2.79 bits per heavy atom. The molecule has 2 heterocycles. The van der Waals surface area contributed by atoms with E-state index < -0.39 is 0 Å². The number of nitrogens with zero attached hydrogens (tertiary/aromatic N) is 2. The van der Waals surface area contributed by atoms with Gasteiger partial charge in [-0.25, -0.2) is 4.98 Å². The number of nitrogens with two attached hydrogens (primary N) is 1. The van der Waals surface area contributed by atoms with Crippen molar-refractivity contribution in [2.75, 3.05) is 32.0 Å². The Hall–Kier alpha value is -0.650. The molecule has 1 aliphatic rings. The minimum Gasteiger partial charge on any atom is -0.389 e. The zero-order valence-electron chi connectivity index (χ0n) is 8.32. The van der Waals surface area contributed by atoms with Crippen molar-refractivity contribution in [2.24, 2.45) is 0 Å². The molecule has 0 atom stereocenters. The summed E-state index contributed by atoms with van der Waals surface area (Å²) >= 11 is 1.59. The summed E-state index contributed by atoms with van der Waals surface area (Å²) in [5.41, 5.74) is 6.72. The fourth-order valence-electron chi connectivity index (χ4n) is 1.48. The van der Waals surface area contributed by atoms with Gasteiger partial charge in [-0.15, -0.1) is 11.3 Å². The van der Waals surface area contributed by atoms with Gasteiger partial charge in [-0.1, -0.05) is 0 Å². The van der Waals surface area contributed by atoms with Crippen LogP contribution in [0.2, 0.25) is 0 Å². The fraction of sp³-hybridized carbons (Fsp3) is 0.667. The Labute approximate surface area is 87.7 Å². The van der Waals surface area contributed by atoms with Crippen LogP contribution in [-0.2, 0) is 11.3 Å². The molecule has 2 N–H and O–H groups in total. The molecule has 0 aliphatic carbocycles. The summed E-state index contributed by atoms with van der Waals surface area (Å²) in [5.74, 6) is 0. The van der Waals surface area contributed by atoms with Gasteiger partial charge in [-0.05, 0) is 6.92 Å². The molecule has 0 radical (unpaired) electrons. The van der Waals surface area contributed by atoms with Gasteiger partial charge >= 0.3 is 0 Å². The van der Waals surface area contributed by atoms with Gasteiger partial charge in [-0.2, -0.15) is 0 Å². The maximum absolute atomic E-state index is 5.76. The largest absolute Gasteiger partial charge is 0.389 e. The zero-order chi connectivity index (χ0) is 9.97. The topological polar surface area (TPSA) is 51.4 Å². The van der Waals surface area contributed by atoms with Crippen LogP contribution in [0.4, 0.5) is 5.00 Å². The van der Waals surface area contributed by atoms with Gasteiger partial charge in [0.2, 0.25) is 0 Å². The van der Waals surface area contributed by atoms with Crippen LogP contribution in [0.3, 0.4) is 0 Å². The summed E-state index contributed by atoms with van der Waals surface area (Å²) in [6.45, 7) is 6.53. The molecule has 0 unspecified atom stereocenters. The molecule has 0 amide bonds. The van der Waals surface area contributed by atoms with Gasteiger partial charge in [0.1, 0.15) is 10.0 Å². The number of hydrogen-bond acceptors (Lipinski definition) is 5. The Kier molecular flexibility index (Phi) is 3.00. The standard InChI is InChI=1S/C9H15N3OS/c1-7-9(10)14-8(11-7)6-12-2-4-13-5-3-12/h2-6,10H2,1H3. The van der Waals surface area contributed by atoms with E-state index in [1.165, 1.54) is 0 Å². The van der Waals surface area contributed by atoms with Crippen LogP contribution in [0.25, 0.3) is 0 Å². The highest BCUT2D eigenvalue weighted by Gasteiger charge is 2.13. The van der Waals surface area contributed by atoms with Crippen LogP contribution in [0, 0.1) is 6.92 Å². The highest BCUT2D eigenvalue weighted by molar-refractivity contribution is 7.15. The molecule has 1 fully saturated rings. The van der Waals surface area contributed by atoms with Gasteiger partial charge in [-0.3, -0.25) is 4.90 Å². The molecule has 2 rings (SSSR count). The lowest BCUT2D eigenvalue weighted by Gasteiger charge is -2.25. The lowest BCUT2D eigenvalue weighted by Crippen LogP contribution is -2.35.